The molecule has 2 heterocycles. The van der Waals surface area contributed by atoms with E-state index < -0.39 is 11.7 Å². The number of ether oxygens (including phenoxy) is 1. The van der Waals surface area contributed by atoms with E-state index in [2.05, 4.69) is 4.98 Å². The SMILES string of the molecule is Cc1cc2c(C(F)(F)F)c(C#N)ccc2n1[C@H](C)COc1cccnc1. The van der Waals surface area contributed by atoms with Crippen LogP contribution in [0.3, 0.4) is 0 Å². The van der Waals surface area contributed by atoms with E-state index in [9.17, 15) is 13.2 Å². The summed E-state index contributed by atoms with van der Waals surface area (Å²) in [6.45, 7) is 3.89. The van der Waals surface area contributed by atoms with E-state index in [-0.39, 0.29) is 23.6 Å². The Morgan fingerprint density at radius 2 is 2.08 bits per heavy atom. The number of aromatic nitrogens is 2. The largest absolute Gasteiger partial charge is 0.490 e. The minimum Gasteiger partial charge on any atom is -0.490 e. The van der Waals surface area contributed by atoms with Crippen molar-refractivity contribution < 1.29 is 17.9 Å². The second-order valence-electron chi connectivity index (χ2n) is 6.03. The Hall–Kier alpha value is -3.01. The normalized spacial score (nSPS) is 12.8. The van der Waals surface area contributed by atoms with Gasteiger partial charge in [-0.2, -0.15) is 18.4 Å². The molecule has 0 N–H and O–H groups in total. The Bertz CT molecular complexity index is 972. The lowest BCUT2D eigenvalue weighted by atomic mass is 10.0. The van der Waals surface area contributed by atoms with Gasteiger partial charge in [-0.05, 0) is 44.2 Å². The minimum atomic E-state index is -4.60. The number of pyridine rings is 1. The van der Waals surface area contributed by atoms with Gasteiger partial charge in [0.25, 0.3) is 0 Å². The fourth-order valence-corrected chi connectivity index (χ4v) is 3.14. The minimum absolute atomic E-state index is 0.0299. The van der Waals surface area contributed by atoms with Crippen LogP contribution < -0.4 is 4.74 Å². The maximum atomic E-state index is 13.5. The first-order chi connectivity index (χ1) is 12.3. The number of hydrogen-bond acceptors (Lipinski definition) is 3. The molecule has 0 aliphatic rings. The molecule has 3 aromatic rings. The van der Waals surface area contributed by atoms with Gasteiger partial charge in [-0.15, -0.1) is 0 Å². The van der Waals surface area contributed by atoms with Crippen molar-refractivity contribution >= 4 is 10.9 Å². The maximum Gasteiger partial charge on any atom is 0.418 e. The molecule has 0 unspecified atom stereocenters. The molecule has 1 aromatic carbocycles. The monoisotopic (exact) mass is 359 g/mol. The average molecular weight is 359 g/mol. The molecular formula is C19H16F3N3O. The van der Waals surface area contributed by atoms with Gasteiger partial charge >= 0.3 is 6.18 Å². The first-order valence-electron chi connectivity index (χ1n) is 7.97. The lowest BCUT2D eigenvalue weighted by molar-refractivity contribution is -0.136. The Kier molecular flexibility index (Phi) is 4.60. The van der Waals surface area contributed by atoms with E-state index in [0.29, 0.717) is 17.0 Å². The molecule has 3 rings (SSSR count). The zero-order valence-corrected chi connectivity index (χ0v) is 14.2. The molecule has 26 heavy (non-hydrogen) atoms. The molecule has 0 saturated heterocycles. The number of rotatable bonds is 4. The summed E-state index contributed by atoms with van der Waals surface area (Å²) in [6.07, 6.45) is -1.39. The summed E-state index contributed by atoms with van der Waals surface area (Å²) in [5.74, 6) is 0.594. The lowest BCUT2D eigenvalue weighted by Gasteiger charge is -2.19. The molecule has 1 atom stereocenters. The molecule has 0 saturated carbocycles. The van der Waals surface area contributed by atoms with Gasteiger partial charge in [0, 0.05) is 22.8 Å². The Morgan fingerprint density at radius 1 is 1.31 bits per heavy atom. The quantitative estimate of drug-likeness (QED) is 0.667. The van der Waals surface area contributed by atoms with Crippen molar-refractivity contribution in [1.82, 2.24) is 9.55 Å². The second kappa shape index (κ2) is 6.71. The number of nitriles is 1. The van der Waals surface area contributed by atoms with Crippen molar-refractivity contribution in [2.24, 2.45) is 0 Å². The van der Waals surface area contributed by atoms with E-state index in [1.54, 1.807) is 48.2 Å². The summed E-state index contributed by atoms with van der Waals surface area (Å²) >= 11 is 0. The van der Waals surface area contributed by atoms with Crippen molar-refractivity contribution in [3.05, 3.63) is 59.5 Å². The number of nitrogens with zero attached hydrogens (tertiary/aromatic N) is 3. The van der Waals surface area contributed by atoms with Crippen molar-refractivity contribution in [3.8, 4) is 11.8 Å². The third-order valence-electron chi connectivity index (χ3n) is 4.19. The van der Waals surface area contributed by atoms with Crippen molar-refractivity contribution in [1.29, 1.82) is 5.26 Å². The van der Waals surface area contributed by atoms with Gasteiger partial charge in [-0.1, -0.05) is 0 Å². The van der Waals surface area contributed by atoms with Crippen LogP contribution in [0.25, 0.3) is 10.9 Å². The Labute approximate surface area is 148 Å². The maximum absolute atomic E-state index is 13.5. The molecular weight excluding hydrogens is 343 g/mol. The summed E-state index contributed by atoms with van der Waals surface area (Å²) in [6, 6.07) is 9.18. The summed E-state index contributed by atoms with van der Waals surface area (Å²) in [4.78, 5) is 3.96. The van der Waals surface area contributed by atoms with Crippen LogP contribution in [0.2, 0.25) is 0 Å². The Balaban J connectivity index is 2.02. The summed E-state index contributed by atoms with van der Waals surface area (Å²) in [7, 11) is 0. The summed E-state index contributed by atoms with van der Waals surface area (Å²) < 4.78 is 47.9. The Morgan fingerprint density at radius 3 is 2.69 bits per heavy atom. The molecule has 7 heteroatoms. The van der Waals surface area contributed by atoms with Gasteiger partial charge in [0.2, 0.25) is 0 Å². The van der Waals surface area contributed by atoms with Gasteiger partial charge < -0.3 is 9.30 Å². The highest BCUT2D eigenvalue weighted by molar-refractivity contribution is 5.87. The van der Waals surface area contributed by atoms with Gasteiger partial charge in [0.15, 0.2) is 0 Å². The number of fused-ring (bicyclic) bond motifs is 1. The van der Waals surface area contributed by atoms with Crippen LogP contribution >= 0.6 is 0 Å². The van der Waals surface area contributed by atoms with Crippen LogP contribution in [-0.4, -0.2) is 16.2 Å². The summed E-state index contributed by atoms with van der Waals surface area (Å²) in [5, 5.41) is 9.08. The predicted octanol–water partition coefficient (Wildman–Crippen LogP) is 4.88. The van der Waals surface area contributed by atoms with Crippen LogP contribution in [0.15, 0.2) is 42.7 Å². The fourth-order valence-electron chi connectivity index (χ4n) is 3.14. The van der Waals surface area contributed by atoms with E-state index >= 15 is 0 Å². The molecule has 4 nitrogen and oxygen atoms in total. The van der Waals surface area contributed by atoms with Crippen molar-refractivity contribution in [2.45, 2.75) is 26.1 Å². The van der Waals surface area contributed by atoms with Crippen molar-refractivity contribution in [2.75, 3.05) is 6.61 Å². The highest BCUT2D eigenvalue weighted by Gasteiger charge is 2.36. The zero-order chi connectivity index (χ0) is 18.9. The topological polar surface area (TPSA) is 50.8 Å². The number of aryl methyl sites for hydroxylation is 1. The van der Waals surface area contributed by atoms with Crippen LogP contribution in [0, 0.1) is 18.3 Å². The molecule has 2 aromatic heterocycles. The number of alkyl halides is 3. The van der Waals surface area contributed by atoms with E-state index in [1.807, 2.05) is 6.92 Å². The molecule has 0 amide bonds. The molecule has 0 radical (unpaired) electrons. The first kappa shape index (κ1) is 17.8. The molecule has 0 aliphatic heterocycles. The van der Waals surface area contributed by atoms with Crippen LogP contribution in [0.5, 0.6) is 5.75 Å². The first-order valence-corrected chi connectivity index (χ1v) is 7.97. The lowest BCUT2D eigenvalue weighted by Crippen LogP contribution is -2.15. The number of benzene rings is 1. The fraction of sp³-hybridized carbons (Fsp3) is 0.263. The van der Waals surface area contributed by atoms with Crippen LogP contribution in [0.4, 0.5) is 13.2 Å². The summed E-state index contributed by atoms with van der Waals surface area (Å²) in [5.41, 5.74) is -0.167. The molecule has 0 aliphatic carbocycles. The third-order valence-corrected chi connectivity index (χ3v) is 4.19. The van der Waals surface area contributed by atoms with Crippen LogP contribution in [-0.2, 0) is 6.18 Å². The zero-order valence-electron chi connectivity index (χ0n) is 14.2. The molecule has 0 fully saturated rings. The highest BCUT2D eigenvalue weighted by atomic mass is 19.4. The predicted molar refractivity (Wildman–Crippen MR) is 90.8 cm³/mol. The number of halogens is 3. The van der Waals surface area contributed by atoms with E-state index in [0.717, 1.165) is 0 Å². The van der Waals surface area contributed by atoms with Gasteiger partial charge in [0.1, 0.15) is 12.4 Å². The van der Waals surface area contributed by atoms with Gasteiger partial charge in [-0.25, -0.2) is 0 Å². The average Bonchev–Trinajstić information content (AvgIpc) is 2.94. The number of hydrogen-bond donors (Lipinski definition) is 0. The second-order valence-corrected chi connectivity index (χ2v) is 6.03. The van der Waals surface area contributed by atoms with Gasteiger partial charge in [-0.3, -0.25) is 4.98 Å². The molecule has 134 valence electrons. The smallest absolute Gasteiger partial charge is 0.418 e. The van der Waals surface area contributed by atoms with Gasteiger partial charge in [0.05, 0.1) is 29.4 Å². The van der Waals surface area contributed by atoms with E-state index in [1.165, 1.54) is 12.1 Å². The highest BCUT2D eigenvalue weighted by Crippen LogP contribution is 2.39. The van der Waals surface area contributed by atoms with E-state index in [4.69, 9.17) is 10.00 Å². The standard InChI is InChI=1S/C19H16F3N3O/c1-12-8-16-17(6-5-14(9-23)18(16)19(20,21)22)25(12)13(2)11-26-15-4-3-7-24-10-15/h3-8,10,13H,11H2,1-2H3/t13-/m1/s1. The van der Waals surface area contributed by atoms with Crippen LogP contribution in [0.1, 0.15) is 29.8 Å². The van der Waals surface area contributed by atoms with Crippen molar-refractivity contribution in [3.63, 3.8) is 0 Å². The molecule has 0 bridgehead atoms. The molecule has 0 spiro atoms. The third kappa shape index (κ3) is 3.23.